The lowest BCUT2D eigenvalue weighted by molar-refractivity contribution is 0.0953. The molecule has 2 N–H and O–H groups in total. The second-order valence-corrected chi connectivity index (χ2v) is 7.97. The van der Waals surface area contributed by atoms with Crippen LogP contribution in [0.3, 0.4) is 0 Å². The van der Waals surface area contributed by atoms with Crippen LogP contribution in [0.4, 0.5) is 0 Å². The van der Waals surface area contributed by atoms with E-state index in [0.29, 0.717) is 22.6 Å². The third-order valence-electron chi connectivity index (χ3n) is 3.84. The molecule has 0 heterocycles. The first-order chi connectivity index (χ1) is 11.9. The number of halogens is 1. The predicted octanol–water partition coefficient (Wildman–Crippen LogP) is 2.73. The molecule has 0 atom stereocenters. The van der Waals surface area contributed by atoms with Crippen molar-refractivity contribution in [3.63, 3.8) is 0 Å². The Kier molecular flexibility index (Phi) is 8.78. The minimum absolute atomic E-state index is 0. The molecule has 142 valence electrons. The van der Waals surface area contributed by atoms with E-state index in [9.17, 15) is 13.2 Å². The number of nitrogens with one attached hydrogen (secondary N) is 2. The van der Waals surface area contributed by atoms with Crippen molar-refractivity contribution in [3.8, 4) is 0 Å². The van der Waals surface area contributed by atoms with E-state index >= 15 is 0 Å². The van der Waals surface area contributed by atoms with Crippen LogP contribution in [0, 0.1) is 6.92 Å². The summed E-state index contributed by atoms with van der Waals surface area (Å²) in [5, 5.41) is 5.85. The Labute approximate surface area is 161 Å². The zero-order valence-electron chi connectivity index (χ0n) is 15.0. The predicted molar refractivity (Wildman–Crippen MR) is 107 cm³/mol. The van der Waals surface area contributed by atoms with Gasteiger partial charge in [0.15, 0.2) is 9.84 Å². The number of sulfone groups is 1. The molecule has 0 bridgehead atoms. The summed E-state index contributed by atoms with van der Waals surface area (Å²) in [6, 6.07) is 13.5. The highest BCUT2D eigenvalue weighted by Gasteiger charge is 2.15. The van der Waals surface area contributed by atoms with Gasteiger partial charge < -0.3 is 10.6 Å². The quantitative estimate of drug-likeness (QED) is 0.673. The summed E-state index contributed by atoms with van der Waals surface area (Å²) in [5.41, 5.74) is 2.21. The second kappa shape index (κ2) is 10.3. The maximum atomic E-state index is 12.4. The van der Waals surface area contributed by atoms with Crippen molar-refractivity contribution < 1.29 is 13.2 Å². The lowest BCUT2D eigenvalue weighted by Gasteiger charge is -2.07. The zero-order valence-corrected chi connectivity index (χ0v) is 16.6. The number of hydrogen-bond donors (Lipinski definition) is 2. The van der Waals surface area contributed by atoms with Crippen LogP contribution in [0.1, 0.15) is 27.9 Å². The van der Waals surface area contributed by atoms with Crippen LogP contribution in [0.15, 0.2) is 53.4 Å². The van der Waals surface area contributed by atoms with Gasteiger partial charge in [-0.1, -0.05) is 29.8 Å². The molecule has 0 fully saturated rings. The number of amides is 1. The first-order valence-corrected chi connectivity index (χ1v) is 9.89. The molecule has 0 aliphatic carbocycles. The summed E-state index contributed by atoms with van der Waals surface area (Å²) in [6.45, 7) is 3.36. The molecule has 0 saturated heterocycles. The van der Waals surface area contributed by atoms with Gasteiger partial charge in [0.25, 0.3) is 5.91 Å². The third-order valence-corrected chi connectivity index (χ3v) is 5.55. The molecule has 7 heteroatoms. The Hall–Kier alpha value is -1.89. The Morgan fingerprint density at radius 2 is 1.58 bits per heavy atom. The molecule has 5 nitrogen and oxygen atoms in total. The van der Waals surface area contributed by atoms with Gasteiger partial charge in [-0.25, -0.2) is 8.42 Å². The van der Waals surface area contributed by atoms with Crippen molar-refractivity contribution in [2.45, 2.75) is 24.0 Å². The lowest BCUT2D eigenvalue weighted by Crippen LogP contribution is -2.26. The SMILES string of the molecule is CNCCCNC(=O)c1ccc(CS(=O)(=O)c2ccc(C)cc2)cc1.Cl. The topological polar surface area (TPSA) is 75.3 Å². The third kappa shape index (κ3) is 6.44. The average Bonchev–Trinajstić information content (AvgIpc) is 2.59. The molecule has 0 aromatic heterocycles. The first kappa shape index (κ1) is 22.2. The summed E-state index contributed by atoms with van der Waals surface area (Å²) >= 11 is 0. The molecule has 26 heavy (non-hydrogen) atoms. The molecule has 0 spiro atoms. The fraction of sp³-hybridized carbons (Fsp3) is 0.316. The van der Waals surface area contributed by atoms with Gasteiger partial charge in [-0.05, 0) is 56.8 Å². The van der Waals surface area contributed by atoms with Gasteiger partial charge in [-0.3, -0.25) is 4.79 Å². The van der Waals surface area contributed by atoms with Gasteiger partial charge in [0, 0.05) is 12.1 Å². The average molecular weight is 397 g/mol. The van der Waals surface area contributed by atoms with Crippen LogP contribution in [0.2, 0.25) is 0 Å². The van der Waals surface area contributed by atoms with Crippen LogP contribution in [0.25, 0.3) is 0 Å². The Morgan fingerprint density at radius 1 is 0.962 bits per heavy atom. The summed E-state index contributed by atoms with van der Waals surface area (Å²) in [7, 11) is -1.52. The van der Waals surface area contributed by atoms with E-state index in [2.05, 4.69) is 10.6 Å². The standard InChI is InChI=1S/C19H24N2O3S.ClH/c1-15-4-10-18(11-5-15)25(23,24)14-16-6-8-17(9-7-16)19(22)21-13-3-12-20-2;/h4-11,20H,3,12-14H2,1-2H3,(H,21,22);1H. The summed E-state index contributed by atoms with van der Waals surface area (Å²) in [5.74, 6) is -0.232. The first-order valence-electron chi connectivity index (χ1n) is 8.23. The molecule has 2 aromatic rings. The Bertz CT molecular complexity index is 804. The summed E-state index contributed by atoms with van der Waals surface area (Å²) in [6.07, 6.45) is 0.856. The highest BCUT2D eigenvalue weighted by molar-refractivity contribution is 7.90. The van der Waals surface area contributed by atoms with Crippen LogP contribution in [0.5, 0.6) is 0 Å². The summed E-state index contributed by atoms with van der Waals surface area (Å²) < 4.78 is 24.9. The van der Waals surface area contributed by atoms with Gasteiger partial charge in [0.1, 0.15) is 0 Å². The Morgan fingerprint density at radius 3 is 2.15 bits per heavy atom. The molecule has 0 unspecified atom stereocenters. The highest BCUT2D eigenvalue weighted by atomic mass is 35.5. The molecule has 0 saturated carbocycles. The molecule has 0 aliphatic rings. The minimum Gasteiger partial charge on any atom is -0.352 e. The minimum atomic E-state index is -3.39. The largest absolute Gasteiger partial charge is 0.352 e. The smallest absolute Gasteiger partial charge is 0.251 e. The van der Waals surface area contributed by atoms with Crippen molar-refractivity contribution in [3.05, 3.63) is 65.2 Å². The van der Waals surface area contributed by atoms with Gasteiger partial charge in [-0.15, -0.1) is 12.4 Å². The van der Waals surface area contributed by atoms with E-state index in [0.717, 1.165) is 18.5 Å². The fourth-order valence-corrected chi connectivity index (χ4v) is 3.72. The number of aryl methyl sites for hydroxylation is 1. The normalized spacial score (nSPS) is 10.8. The van der Waals surface area contributed by atoms with Crippen molar-refractivity contribution in [1.29, 1.82) is 0 Å². The van der Waals surface area contributed by atoms with Crippen LogP contribution in [-0.4, -0.2) is 34.5 Å². The van der Waals surface area contributed by atoms with Gasteiger partial charge in [0.05, 0.1) is 10.6 Å². The van der Waals surface area contributed by atoms with Crippen LogP contribution < -0.4 is 10.6 Å². The van der Waals surface area contributed by atoms with E-state index in [4.69, 9.17) is 0 Å². The van der Waals surface area contributed by atoms with E-state index in [1.165, 1.54) is 0 Å². The number of carbonyl (C=O) groups excluding carboxylic acids is 1. The van der Waals surface area contributed by atoms with Gasteiger partial charge in [0.2, 0.25) is 0 Å². The monoisotopic (exact) mass is 396 g/mol. The second-order valence-electron chi connectivity index (χ2n) is 5.98. The number of rotatable bonds is 8. The van der Waals surface area contributed by atoms with Crippen LogP contribution in [-0.2, 0) is 15.6 Å². The van der Waals surface area contributed by atoms with Crippen molar-refractivity contribution in [2.24, 2.45) is 0 Å². The number of carbonyl (C=O) groups is 1. The van der Waals surface area contributed by atoms with Crippen molar-refractivity contribution >= 4 is 28.2 Å². The van der Waals surface area contributed by atoms with Crippen molar-refractivity contribution in [1.82, 2.24) is 10.6 Å². The summed E-state index contributed by atoms with van der Waals surface area (Å²) in [4.78, 5) is 12.3. The van der Waals surface area contributed by atoms with Gasteiger partial charge in [-0.2, -0.15) is 0 Å². The van der Waals surface area contributed by atoms with Crippen molar-refractivity contribution in [2.75, 3.05) is 20.1 Å². The number of benzene rings is 2. The zero-order chi connectivity index (χ0) is 18.3. The molecule has 2 aromatic carbocycles. The fourth-order valence-electron chi connectivity index (χ4n) is 2.37. The molecule has 0 radical (unpaired) electrons. The lowest BCUT2D eigenvalue weighted by atomic mass is 10.1. The maximum absolute atomic E-state index is 12.4. The maximum Gasteiger partial charge on any atom is 0.251 e. The molecular weight excluding hydrogens is 372 g/mol. The molecule has 0 aliphatic heterocycles. The van der Waals surface area contributed by atoms with E-state index in [-0.39, 0.29) is 24.1 Å². The van der Waals surface area contributed by atoms with Gasteiger partial charge >= 0.3 is 0 Å². The van der Waals surface area contributed by atoms with E-state index in [1.807, 2.05) is 14.0 Å². The molecule has 2 rings (SSSR count). The molecule has 1 amide bonds. The molecular formula is C19H25ClN2O3S. The Balaban J connectivity index is 0.00000338. The van der Waals surface area contributed by atoms with E-state index < -0.39 is 9.84 Å². The highest BCUT2D eigenvalue weighted by Crippen LogP contribution is 2.17. The number of hydrogen-bond acceptors (Lipinski definition) is 4. The van der Waals surface area contributed by atoms with Crippen LogP contribution >= 0.6 is 12.4 Å². The van der Waals surface area contributed by atoms with E-state index in [1.54, 1.807) is 48.5 Å².